The maximum Gasteiger partial charge on any atom is 0.227 e. The summed E-state index contributed by atoms with van der Waals surface area (Å²) in [6.07, 6.45) is 3.61. The summed E-state index contributed by atoms with van der Waals surface area (Å²) in [4.78, 5) is 14.4. The van der Waals surface area contributed by atoms with Crippen molar-refractivity contribution < 1.29 is 4.79 Å². The van der Waals surface area contributed by atoms with Gasteiger partial charge in [0.25, 0.3) is 0 Å². The van der Waals surface area contributed by atoms with Crippen molar-refractivity contribution in [1.29, 1.82) is 0 Å². The van der Waals surface area contributed by atoms with Crippen LogP contribution in [0.3, 0.4) is 0 Å². The Morgan fingerprint density at radius 3 is 3.00 bits per heavy atom. The Bertz CT molecular complexity index is 444. The van der Waals surface area contributed by atoms with Gasteiger partial charge in [-0.05, 0) is 38.7 Å². The first-order chi connectivity index (χ1) is 9.06. The first-order valence-electron chi connectivity index (χ1n) is 7.05. The number of hydrogen-bond acceptors (Lipinski definition) is 1. The Labute approximate surface area is 120 Å². The number of aryl methyl sites for hydroxylation is 1. The highest BCUT2D eigenvalue weighted by Crippen LogP contribution is 2.24. The third-order valence-electron chi connectivity index (χ3n) is 3.73. The summed E-state index contributed by atoms with van der Waals surface area (Å²) in [6.45, 7) is 4.95. The molecule has 0 N–H and O–H groups in total. The number of rotatable bonds is 4. The van der Waals surface area contributed by atoms with Crippen LogP contribution < -0.4 is 0 Å². The van der Waals surface area contributed by atoms with Crippen LogP contribution in [-0.4, -0.2) is 28.8 Å². The monoisotopic (exact) mass is 279 g/mol. The molecule has 1 aliphatic heterocycles. The molecule has 19 heavy (non-hydrogen) atoms. The Kier molecular flexibility index (Phi) is 4.87. The molecule has 2 nitrogen and oxygen atoms in total. The van der Waals surface area contributed by atoms with Gasteiger partial charge in [0, 0.05) is 18.0 Å². The molecule has 1 amide bonds. The van der Waals surface area contributed by atoms with E-state index in [-0.39, 0.29) is 11.3 Å². The molecular weight excluding hydrogens is 258 g/mol. The molecule has 2 atom stereocenters. The van der Waals surface area contributed by atoms with Crippen LogP contribution in [0.4, 0.5) is 0 Å². The van der Waals surface area contributed by atoms with Gasteiger partial charge in [0.2, 0.25) is 5.91 Å². The van der Waals surface area contributed by atoms with Crippen molar-refractivity contribution >= 4 is 17.5 Å². The minimum Gasteiger partial charge on any atom is -0.339 e. The average Bonchev–Trinajstić information content (AvgIpc) is 2.76. The van der Waals surface area contributed by atoms with Crippen LogP contribution in [-0.2, 0) is 11.2 Å². The lowest BCUT2D eigenvalue weighted by molar-refractivity contribution is -0.131. The molecule has 0 aromatic heterocycles. The molecule has 1 aliphatic rings. The smallest absolute Gasteiger partial charge is 0.227 e. The van der Waals surface area contributed by atoms with Gasteiger partial charge in [-0.25, -0.2) is 0 Å². The van der Waals surface area contributed by atoms with Crippen molar-refractivity contribution in [2.45, 2.75) is 50.9 Å². The molecule has 2 rings (SSSR count). The van der Waals surface area contributed by atoms with Crippen molar-refractivity contribution in [3.05, 3.63) is 35.4 Å². The number of likely N-dealkylation sites (tertiary alicyclic amines) is 1. The van der Waals surface area contributed by atoms with Crippen LogP contribution in [0, 0.1) is 6.92 Å². The number of alkyl halides is 1. The number of halogens is 1. The Morgan fingerprint density at radius 1 is 1.53 bits per heavy atom. The molecule has 0 aliphatic carbocycles. The van der Waals surface area contributed by atoms with E-state index in [1.807, 2.05) is 24.0 Å². The van der Waals surface area contributed by atoms with E-state index in [1.165, 1.54) is 5.56 Å². The van der Waals surface area contributed by atoms with Crippen molar-refractivity contribution in [3.63, 3.8) is 0 Å². The zero-order valence-corrected chi connectivity index (χ0v) is 12.5. The Morgan fingerprint density at radius 2 is 2.32 bits per heavy atom. The molecule has 1 saturated heterocycles. The van der Waals surface area contributed by atoms with Crippen LogP contribution in [0.2, 0.25) is 0 Å². The van der Waals surface area contributed by atoms with Crippen LogP contribution in [0.25, 0.3) is 0 Å². The molecule has 1 aromatic carbocycles. The van der Waals surface area contributed by atoms with Gasteiger partial charge in [0.05, 0.1) is 6.42 Å². The maximum atomic E-state index is 12.4. The summed E-state index contributed by atoms with van der Waals surface area (Å²) in [7, 11) is 0. The topological polar surface area (TPSA) is 20.3 Å². The molecule has 0 bridgehead atoms. The second kappa shape index (κ2) is 6.42. The number of benzene rings is 1. The van der Waals surface area contributed by atoms with Gasteiger partial charge in [0.1, 0.15) is 0 Å². The van der Waals surface area contributed by atoms with Crippen LogP contribution in [0.5, 0.6) is 0 Å². The molecule has 2 unspecified atom stereocenters. The SMILES string of the molecule is Cc1cccc(CC(=O)N2CCCC2CC(C)Cl)c1. The lowest BCUT2D eigenvalue weighted by Crippen LogP contribution is -2.37. The van der Waals surface area contributed by atoms with E-state index in [1.54, 1.807) is 0 Å². The predicted octanol–water partition coefficient (Wildman–Crippen LogP) is 3.55. The zero-order chi connectivity index (χ0) is 13.8. The summed E-state index contributed by atoms with van der Waals surface area (Å²) >= 11 is 6.07. The summed E-state index contributed by atoms with van der Waals surface area (Å²) < 4.78 is 0. The lowest BCUT2D eigenvalue weighted by Gasteiger charge is -2.25. The normalized spacial score (nSPS) is 20.6. The van der Waals surface area contributed by atoms with Crippen LogP contribution >= 0.6 is 11.6 Å². The van der Waals surface area contributed by atoms with Crippen molar-refractivity contribution in [2.75, 3.05) is 6.54 Å². The molecule has 1 heterocycles. The van der Waals surface area contributed by atoms with E-state index in [2.05, 4.69) is 19.1 Å². The van der Waals surface area contributed by atoms with Gasteiger partial charge < -0.3 is 4.90 Å². The van der Waals surface area contributed by atoms with Gasteiger partial charge in [-0.1, -0.05) is 29.8 Å². The highest BCUT2D eigenvalue weighted by molar-refractivity contribution is 6.20. The molecule has 1 fully saturated rings. The fraction of sp³-hybridized carbons (Fsp3) is 0.562. The lowest BCUT2D eigenvalue weighted by atomic mass is 10.1. The molecule has 0 radical (unpaired) electrons. The van der Waals surface area contributed by atoms with Crippen molar-refractivity contribution in [1.82, 2.24) is 4.90 Å². The molecule has 0 saturated carbocycles. The van der Waals surface area contributed by atoms with E-state index in [0.29, 0.717) is 12.5 Å². The summed E-state index contributed by atoms with van der Waals surface area (Å²) in [5, 5.41) is 0.136. The van der Waals surface area contributed by atoms with E-state index in [4.69, 9.17) is 11.6 Å². The molecular formula is C16H22ClNO. The fourth-order valence-corrected chi connectivity index (χ4v) is 3.09. The minimum atomic E-state index is 0.136. The van der Waals surface area contributed by atoms with E-state index < -0.39 is 0 Å². The number of nitrogens with zero attached hydrogens (tertiary/aromatic N) is 1. The number of amides is 1. The van der Waals surface area contributed by atoms with E-state index in [0.717, 1.165) is 31.4 Å². The zero-order valence-electron chi connectivity index (χ0n) is 11.7. The number of carbonyl (C=O) groups is 1. The predicted molar refractivity (Wildman–Crippen MR) is 79.6 cm³/mol. The second-order valence-corrected chi connectivity index (χ2v) is 6.31. The largest absolute Gasteiger partial charge is 0.339 e. The van der Waals surface area contributed by atoms with Crippen molar-refractivity contribution in [3.8, 4) is 0 Å². The summed E-state index contributed by atoms with van der Waals surface area (Å²) in [5.74, 6) is 0.241. The number of carbonyl (C=O) groups excluding carboxylic acids is 1. The highest BCUT2D eigenvalue weighted by Gasteiger charge is 2.29. The van der Waals surface area contributed by atoms with Gasteiger partial charge in [0.15, 0.2) is 0 Å². The van der Waals surface area contributed by atoms with Crippen LogP contribution in [0.1, 0.15) is 37.3 Å². The van der Waals surface area contributed by atoms with Gasteiger partial charge in [-0.2, -0.15) is 0 Å². The molecule has 0 spiro atoms. The average molecular weight is 280 g/mol. The first-order valence-corrected chi connectivity index (χ1v) is 7.49. The summed E-state index contributed by atoms with van der Waals surface area (Å²) in [5.41, 5.74) is 2.31. The molecule has 104 valence electrons. The Hall–Kier alpha value is -1.02. The fourth-order valence-electron chi connectivity index (χ4n) is 2.88. The standard InChI is InChI=1S/C16H22ClNO/c1-12-5-3-6-14(9-12)11-16(19)18-8-4-7-15(18)10-13(2)17/h3,5-6,9,13,15H,4,7-8,10-11H2,1-2H3. The number of hydrogen-bond donors (Lipinski definition) is 0. The van der Waals surface area contributed by atoms with Crippen LogP contribution in [0.15, 0.2) is 24.3 Å². The molecule has 1 aromatic rings. The third kappa shape index (κ3) is 3.97. The first kappa shape index (κ1) is 14.4. The second-order valence-electron chi connectivity index (χ2n) is 5.57. The maximum absolute atomic E-state index is 12.4. The molecule has 3 heteroatoms. The van der Waals surface area contributed by atoms with Gasteiger partial charge in [-0.3, -0.25) is 4.79 Å². The minimum absolute atomic E-state index is 0.136. The third-order valence-corrected chi connectivity index (χ3v) is 3.91. The van der Waals surface area contributed by atoms with Gasteiger partial charge in [-0.15, -0.1) is 11.6 Å². The van der Waals surface area contributed by atoms with Crippen molar-refractivity contribution in [2.24, 2.45) is 0 Å². The quantitative estimate of drug-likeness (QED) is 0.772. The summed E-state index contributed by atoms with van der Waals surface area (Å²) in [6, 6.07) is 8.53. The van der Waals surface area contributed by atoms with Gasteiger partial charge >= 0.3 is 0 Å². The highest BCUT2D eigenvalue weighted by atomic mass is 35.5. The van der Waals surface area contributed by atoms with E-state index in [9.17, 15) is 4.79 Å². The Balaban J connectivity index is 1.99. The van der Waals surface area contributed by atoms with E-state index >= 15 is 0 Å².